The SMILES string of the molecule is COc1cc2c(cc1OC)-c1[nH]nc(Nc3cccc(Br)c3)c1C2.O=C(O)C(F)(F)F. The van der Waals surface area contributed by atoms with Gasteiger partial charge in [0.2, 0.25) is 0 Å². The summed E-state index contributed by atoms with van der Waals surface area (Å²) in [5, 5.41) is 18.1. The first-order valence-electron chi connectivity index (χ1n) is 8.79. The van der Waals surface area contributed by atoms with Gasteiger partial charge in [-0.2, -0.15) is 18.3 Å². The Kier molecular flexibility index (Phi) is 6.44. The number of carboxylic acids is 1. The van der Waals surface area contributed by atoms with E-state index in [2.05, 4.69) is 31.4 Å². The number of fused-ring (bicyclic) bond motifs is 3. The minimum Gasteiger partial charge on any atom is -0.493 e. The summed E-state index contributed by atoms with van der Waals surface area (Å²) in [4.78, 5) is 8.90. The second kappa shape index (κ2) is 8.88. The van der Waals surface area contributed by atoms with Gasteiger partial charge in [-0.1, -0.05) is 22.0 Å². The Labute approximate surface area is 183 Å². The van der Waals surface area contributed by atoms with Crippen molar-refractivity contribution in [3.05, 3.63) is 52.0 Å². The Bertz CT molecular complexity index is 1120. The van der Waals surface area contributed by atoms with Crippen LogP contribution >= 0.6 is 15.9 Å². The molecule has 3 N–H and O–H groups in total. The number of anilines is 2. The molecule has 1 aromatic heterocycles. The van der Waals surface area contributed by atoms with E-state index in [1.165, 1.54) is 5.56 Å². The van der Waals surface area contributed by atoms with E-state index >= 15 is 0 Å². The number of hydrogen-bond donors (Lipinski definition) is 3. The van der Waals surface area contributed by atoms with E-state index in [1.54, 1.807) is 14.2 Å². The summed E-state index contributed by atoms with van der Waals surface area (Å²) in [5.41, 5.74) is 5.49. The van der Waals surface area contributed by atoms with Crippen LogP contribution < -0.4 is 14.8 Å². The maximum Gasteiger partial charge on any atom is 0.490 e. The Morgan fingerprint density at radius 1 is 1.19 bits per heavy atom. The van der Waals surface area contributed by atoms with E-state index in [0.29, 0.717) is 0 Å². The predicted octanol–water partition coefficient (Wildman–Crippen LogP) is 5.14. The van der Waals surface area contributed by atoms with Crippen LogP contribution in [-0.2, 0) is 11.2 Å². The number of H-pyrrole nitrogens is 1. The first kappa shape index (κ1) is 22.5. The van der Waals surface area contributed by atoms with Gasteiger partial charge in [0.15, 0.2) is 17.3 Å². The molecule has 0 fully saturated rings. The van der Waals surface area contributed by atoms with Gasteiger partial charge in [0.05, 0.1) is 19.9 Å². The lowest BCUT2D eigenvalue weighted by Crippen LogP contribution is -2.21. The number of ether oxygens (including phenoxy) is 2. The average Bonchev–Trinajstić information content (AvgIpc) is 3.26. The van der Waals surface area contributed by atoms with Crippen LogP contribution in [-0.4, -0.2) is 41.7 Å². The van der Waals surface area contributed by atoms with Crippen molar-refractivity contribution < 1.29 is 32.5 Å². The fraction of sp³-hybridized carbons (Fsp3) is 0.200. The fourth-order valence-corrected chi connectivity index (χ4v) is 3.46. The highest BCUT2D eigenvalue weighted by Gasteiger charge is 2.38. The molecule has 0 radical (unpaired) electrons. The number of aliphatic carboxylic acids is 1. The molecule has 0 unspecified atom stereocenters. The molecule has 0 saturated heterocycles. The lowest BCUT2D eigenvalue weighted by molar-refractivity contribution is -0.192. The summed E-state index contributed by atoms with van der Waals surface area (Å²) in [5.74, 6) is -0.444. The van der Waals surface area contributed by atoms with Gasteiger partial charge in [0, 0.05) is 27.7 Å². The maximum absolute atomic E-state index is 10.6. The molecule has 0 aliphatic heterocycles. The van der Waals surface area contributed by atoms with E-state index in [-0.39, 0.29) is 0 Å². The molecule has 0 amide bonds. The van der Waals surface area contributed by atoms with Crippen molar-refractivity contribution >= 4 is 33.4 Å². The van der Waals surface area contributed by atoms with Crippen molar-refractivity contribution in [1.29, 1.82) is 0 Å². The van der Waals surface area contributed by atoms with E-state index < -0.39 is 12.1 Å². The van der Waals surface area contributed by atoms with E-state index in [1.807, 2.05) is 36.4 Å². The molecule has 0 bridgehead atoms. The first-order chi connectivity index (χ1) is 14.6. The molecule has 1 heterocycles. The Hall–Kier alpha value is -3.21. The molecule has 11 heteroatoms. The van der Waals surface area contributed by atoms with E-state index in [9.17, 15) is 13.2 Å². The normalized spacial score (nSPS) is 11.7. The van der Waals surface area contributed by atoms with Crippen LogP contribution in [0.3, 0.4) is 0 Å². The number of carbonyl (C=O) groups is 1. The average molecular weight is 500 g/mol. The number of nitrogens with zero attached hydrogens (tertiary/aromatic N) is 1. The summed E-state index contributed by atoms with van der Waals surface area (Å²) in [6.45, 7) is 0. The highest BCUT2D eigenvalue weighted by atomic mass is 79.9. The molecule has 31 heavy (non-hydrogen) atoms. The number of methoxy groups -OCH3 is 2. The lowest BCUT2D eigenvalue weighted by Gasteiger charge is -2.10. The van der Waals surface area contributed by atoms with Crippen molar-refractivity contribution in [1.82, 2.24) is 10.2 Å². The molecule has 1 aliphatic rings. The van der Waals surface area contributed by atoms with Crippen LogP contribution in [0.4, 0.5) is 24.7 Å². The zero-order chi connectivity index (χ0) is 22.8. The number of rotatable bonds is 4. The Balaban J connectivity index is 0.000000339. The van der Waals surface area contributed by atoms with Crippen molar-refractivity contribution in [2.75, 3.05) is 19.5 Å². The minimum atomic E-state index is -5.08. The second-order valence-corrected chi connectivity index (χ2v) is 7.32. The predicted molar refractivity (Wildman–Crippen MR) is 111 cm³/mol. The van der Waals surface area contributed by atoms with Gasteiger partial charge >= 0.3 is 12.1 Å². The summed E-state index contributed by atoms with van der Waals surface area (Å²) in [6, 6.07) is 12.1. The minimum absolute atomic E-state index is 0.722. The van der Waals surface area contributed by atoms with Crippen LogP contribution in [0.5, 0.6) is 11.5 Å². The molecule has 0 saturated carbocycles. The van der Waals surface area contributed by atoms with Crippen LogP contribution in [0.25, 0.3) is 11.3 Å². The van der Waals surface area contributed by atoms with Crippen molar-refractivity contribution in [2.24, 2.45) is 0 Å². The van der Waals surface area contributed by atoms with E-state index in [0.717, 1.165) is 50.7 Å². The number of aromatic nitrogens is 2. The quantitative estimate of drug-likeness (QED) is 0.359. The monoisotopic (exact) mass is 499 g/mol. The summed E-state index contributed by atoms with van der Waals surface area (Å²) < 4.78 is 43.6. The lowest BCUT2D eigenvalue weighted by atomic mass is 10.1. The summed E-state index contributed by atoms with van der Waals surface area (Å²) in [6.07, 6.45) is -4.28. The van der Waals surface area contributed by atoms with E-state index in [4.69, 9.17) is 19.4 Å². The van der Waals surface area contributed by atoms with Gasteiger partial charge in [0.1, 0.15) is 0 Å². The number of alkyl halides is 3. The molecule has 4 rings (SSSR count). The van der Waals surface area contributed by atoms with Gasteiger partial charge < -0.3 is 19.9 Å². The Morgan fingerprint density at radius 2 is 1.84 bits per heavy atom. The van der Waals surface area contributed by atoms with Crippen LogP contribution in [0.2, 0.25) is 0 Å². The number of hydrogen-bond acceptors (Lipinski definition) is 5. The maximum atomic E-state index is 10.6. The van der Waals surface area contributed by atoms with Gasteiger partial charge in [0.25, 0.3) is 0 Å². The number of aromatic amines is 1. The molecule has 0 atom stereocenters. The largest absolute Gasteiger partial charge is 0.493 e. The zero-order valence-electron chi connectivity index (χ0n) is 16.3. The van der Waals surface area contributed by atoms with Crippen molar-refractivity contribution in [2.45, 2.75) is 12.6 Å². The number of benzene rings is 2. The fourth-order valence-electron chi connectivity index (χ4n) is 3.06. The molecule has 7 nitrogen and oxygen atoms in total. The number of halogens is 4. The topological polar surface area (TPSA) is 96.5 Å². The van der Waals surface area contributed by atoms with Gasteiger partial charge in [-0.25, -0.2) is 4.79 Å². The van der Waals surface area contributed by atoms with Gasteiger partial charge in [-0.15, -0.1) is 0 Å². The van der Waals surface area contributed by atoms with Gasteiger partial charge in [-0.05, 0) is 35.9 Å². The van der Waals surface area contributed by atoms with Crippen LogP contribution in [0.15, 0.2) is 40.9 Å². The Morgan fingerprint density at radius 3 is 2.42 bits per heavy atom. The summed E-state index contributed by atoms with van der Waals surface area (Å²) in [7, 11) is 3.30. The third-order valence-corrected chi connectivity index (χ3v) is 4.94. The molecular weight excluding hydrogens is 483 g/mol. The van der Waals surface area contributed by atoms with Crippen molar-refractivity contribution in [3.63, 3.8) is 0 Å². The zero-order valence-corrected chi connectivity index (χ0v) is 17.9. The molecule has 164 valence electrons. The highest BCUT2D eigenvalue weighted by molar-refractivity contribution is 9.10. The number of carboxylic acid groups (broad SMARTS) is 1. The molecule has 0 spiro atoms. The third kappa shape index (κ3) is 4.93. The standard InChI is InChI=1S/C18H16BrN3O2.C2HF3O2/c1-23-15-7-10-6-14-17(13(10)9-16(15)24-2)21-22-18(14)20-12-5-3-4-11(19)8-12;3-2(4,5)1(6)7/h3-5,7-9H,6H2,1-2H3,(H2,20,21,22);(H,6,7). The smallest absolute Gasteiger partial charge is 0.490 e. The first-order valence-corrected chi connectivity index (χ1v) is 9.58. The highest BCUT2D eigenvalue weighted by Crippen LogP contribution is 2.44. The molecular formula is C20H17BrF3N3O4. The van der Waals surface area contributed by atoms with Crippen molar-refractivity contribution in [3.8, 4) is 22.8 Å². The molecule has 2 aromatic carbocycles. The van der Waals surface area contributed by atoms with Crippen LogP contribution in [0.1, 0.15) is 11.1 Å². The van der Waals surface area contributed by atoms with Gasteiger partial charge in [-0.3, -0.25) is 5.10 Å². The third-order valence-electron chi connectivity index (χ3n) is 4.44. The van der Waals surface area contributed by atoms with Crippen LogP contribution in [0, 0.1) is 0 Å². The second-order valence-electron chi connectivity index (χ2n) is 6.41. The molecule has 3 aromatic rings. The molecule has 1 aliphatic carbocycles. The summed E-state index contributed by atoms with van der Waals surface area (Å²) >= 11 is 3.49. The number of nitrogens with one attached hydrogen (secondary N) is 2.